The van der Waals surface area contributed by atoms with E-state index in [1.54, 1.807) is 24.3 Å². The van der Waals surface area contributed by atoms with Crippen molar-refractivity contribution >= 4 is 0 Å². The topological polar surface area (TPSA) is 29.5 Å². The number of rotatable bonds is 4. The lowest BCUT2D eigenvalue weighted by molar-refractivity contribution is 0.212. The molecule has 0 amide bonds. The van der Waals surface area contributed by atoms with E-state index in [1.807, 2.05) is 13.8 Å². The second kappa shape index (κ2) is 6.18. The average molecular weight is 296 g/mol. The maximum absolute atomic E-state index is 13.7. The zero-order chi connectivity index (χ0) is 15.6. The minimum atomic E-state index is -1.59. The third kappa shape index (κ3) is 3.36. The van der Waals surface area contributed by atoms with E-state index < -0.39 is 23.6 Å². The average Bonchev–Trinajstić information content (AvgIpc) is 2.44. The first-order valence-electron chi connectivity index (χ1n) is 6.48. The van der Waals surface area contributed by atoms with Gasteiger partial charge in [-0.3, -0.25) is 0 Å². The zero-order valence-electron chi connectivity index (χ0n) is 11.6. The highest BCUT2D eigenvalue weighted by molar-refractivity contribution is 5.35. The summed E-state index contributed by atoms with van der Waals surface area (Å²) in [4.78, 5) is 0. The van der Waals surface area contributed by atoms with E-state index in [2.05, 4.69) is 0 Å². The van der Waals surface area contributed by atoms with E-state index in [0.29, 0.717) is 11.3 Å². The first kappa shape index (κ1) is 15.4. The largest absolute Gasteiger partial charge is 0.491 e. The molecule has 0 aliphatic heterocycles. The number of halogens is 3. The molecule has 0 heterocycles. The van der Waals surface area contributed by atoms with Crippen LogP contribution in [0.25, 0.3) is 0 Å². The van der Waals surface area contributed by atoms with Gasteiger partial charge in [0, 0.05) is 5.56 Å². The van der Waals surface area contributed by atoms with Crippen molar-refractivity contribution in [3.63, 3.8) is 0 Å². The molecule has 0 saturated heterocycles. The Morgan fingerprint density at radius 3 is 2.10 bits per heavy atom. The van der Waals surface area contributed by atoms with Crippen LogP contribution >= 0.6 is 0 Å². The van der Waals surface area contributed by atoms with Crippen LogP contribution in [0.1, 0.15) is 31.1 Å². The molecule has 0 bridgehead atoms. The molecule has 112 valence electrons. The smallest absolute Gasteiger partial charge is 0.194 e. The number of aliphatic hydroxyl groups is 1. The highest BCUT2D eigenvalue weighted by Crippen LogP contribution is 2.28. The lowest BCUT2D eigenvalue weighted by Gasteiger charge is -2.14. The Labute approximate surface area is 120 Å². The monoisotopic (exact) mass is 296 g/mol. The number of hydrogen-bond acceptors (Lipinski definition) is 2. The van der Waals surface area contributed by atoms with Crippen LogP contribution in [0, 0.1) is 17.5 Å². The molecule has 5 heteroatoms. The SMILES string of the molecule is CC(C)Oc1ccc(C(O)c2ccc(F)c(F)c2F)cc1. The molecule has 2 aromatic rings. The fourth-order valence-electron chi connectivity index (χ4n) is 1.93. The predicted molar refractivity (Wildman–Crippen MR) is 72.6 cm³/mol. The van der Waals surface area contributed by atoms with Crippen LogP contribution in [0.5, 0.6) is 5.75 Å². The summed E-state index contributed by atoms with van der Waals surface area (Å²) in [5.74, 6) is -3.66. The zero-order valence-corrected chi connectivity index (χ0v) is 11.6. The van der Waals surface area contributed by atoms with E-state index >= 15 is 0 Å². The van der Waals surface area contributed by atoms with Gasteiger partial charge in [-0.25, -0.2) is 13.2 Å². The Kier molecular flexibility index (Phi) is 4.53. The third-order valence-corrected chi connectivity index (χ3v) is 2.93. The molecule has 0 aromatic heterocycles. The Balaban J connectivity index is 2.28. The molecule has 2 rings (SSSR count). The van der Waals surface area contributed by atoms with Crippen molar-refractivity contribution in [3.05, 3.63) is 65.0 Å². The summed E-state index contributed by atoms with van der Waals surface area (Å²) in [6.45, 7) is 3.75. The van der Waals surface area contributed by atoms with Crippen molar-refractivity contribution in [1.29, 1.82) is 0 Å². The van der Waals surface area contributed by atoms with E-state index in [0.717, 1.165) is 12.1 Å². The van der Waals surface area contributed by atoms with Crippen LogP contribution in [0.4, 0.5) is 13.2 Å². The van der Waals surface area contributed by atoms with Gasteiger partial charge in [0.15, 0.2) is 17.5 Å². The maximum Gasteiger partial charge on any atom is 0.194 e. The third-order valence-electron chi connectivity index (χ3n) is 2.93. The number of benzene rings is 2. The molecule has 1 unspecified atom stereocenters. The van der Waals surface area contributed by atoms with Crippen molar-refractivity contribution in [3.8, 4) is 5.75 Å². The first-order valence-corrected chi connectivity index (χ1v) is 6.48. The molecule has 1 N–H and O–H groups in total. The van der Waals surface area contributed by atoms with Crippen LogP contribution in [0.15, 0.2) is 36.4 Å². The van der Waals surface area contributed by atoms with Gasteiger partial charge in [0.25, 0.3) is 0 Å². The number of hydrogen-bond donors (Lipinski definition) is 1. The van der Waals surface area contributed by atoms with Gasteiger partial charge < -0.3 is 9.84 Å². The van der Waals surface area contributed by atoms with Crippen molar-refractivity contribution in [2.45, 2.75) is 26.1 Å². The second-order valence-electron chi connectivity index (χ2n) is 4.90. The van der Waals surface area contributed by atoms with Crippen LogP contribution < -0.4 is 4.74 Å². The summed E-state index contributed by atoms with van der Waals surface area (Å²) in [7, 11) is 0. The molecule has 2 aromatic carbocycles. The lowest BCUT2D eigenvalue weighted by atomic mass is 10.0. The van der Waals surface area contributed by atoms with Crippen LogP contribution in [-0.2, 0) is 0 Å². The van der Waals surface area contributed by atoms with E-state index in [4.69, 9.17) is 4.74 Å². The lowest BCUT2D eigenvalue weighted by Crippen LogP contribution is -2.07. The normalized spacial score (nSPS) is 12.5. The second-order valence-corrected chi connectivity index (χ2v) is 4.90. The molecule has 0 saturated carbocycles. The molecule has 21 heavy (non-hydrogen) atoms. The van der Waals surface area contributed by atoms with Gasteiger partial charge in [-0.2, -0.15) is 0 Å². The molecule has 0 spiro atoms. The highest BCUT2D eigenvalue weighted by atomic mass is 19.2. The van der Waals surface area contributed by atoms with Gasteiger partial charge in [-0.1, -0.05) is 18.2 Å². The summed E-state index contributed by atoms with van der Waals surface area (Å²) in [5.41, 5.74) is 0.0439. The molecule has 2 nitrogen and oxygen atoms in total. The minimum absolute atomic E-state index is 0.00409. The summed E-state index contributed by atoms with van der Waals surface area (Å²) in [6.07, 6.45) is -1.38. The molecule has 0 aliphatic rings. The molecular formula is C16H15F3O2. The molecule has 0 aliphatic carbocycles. The fraction of sp³-hybridized carbons (Fsp3) is 0.250. The minimum Gasteiger partial charge on any atom is -0.491 e. The Hall–Kier alpha value is -2.01. The van der Waals surface area contributed by atoms with Gasteiger partial charge in [0.2, 0.25) is 0 Å². The Morgan fingerprint density at radius 1 is 0.905 bits per heavy atom. The molecule has 0 fully saturated rings. The van der Waals surface area contributed by atoms with Gasteiger partial charge in [-0.05, 0) is 37.6 Å². The summed E-state index contributed by atoms with van der Waals surface area (Å²) >= 11 is 0. The highest BCUT2D eigenvalue weighted by Gasteiger charge is 2.20. The summed E-state index contributed by atoms with van der Waals surface area (Å²) in [6, 6.07) is 8.14. The number of ether oxygens (including phenoxy) is 1. The van der Waals surface area contributed by atoms with Gasteiger partial charge in [-0.15, -0.1) is 0 Å². The van der Waals surface area contributed by atoms with E-state index in [9.17, 15) is 18.3 Å². The van der Waals surface area contributed by atoms with E-state index in [-0.39, 0.29) is 11.7 Å². The van der Waals surface area contributed by atoms with Crippen molar-refractivity contribution in [2.75, 3.05) is 0 Å². The maximum atomic E-state index is 13.7. The fourth-order valence-corrected chi connectivity index (χ4v) is 1.93. The summed E-state index contributed by atoms with van der Waals surface area (Å²) in [5, 5.41) is 10.1. The van der Waals surface area contributed by atoms with Crippen molar-refractivity contribution in [2.24, 2.45) is 0 Å². The quantitative estimate of drug-likeness (QED) is 0.865. The van der Waals surface area contributed by atoms with Crippen LogP contribution in [-0.4, -0.2) is 11.2 Å². The molecule has 0 radical (unpaired) electrons. The standard InChI is InChI=1S/C16H15F3O2/c1-9(2)21-11-5-3-10(4-6-11)16(20)12-7-8-13(17)15(19)14(12)18/h3-9,16,20H,1-2H3. The van der Waals surface area contributed by atoms with Gasteiger partial charge >= 0.3 is 0 Å². The van der Waals surface area contributed by atoms with Crippen molar-refractivity contribution in [1.82, 2.24) is 0 Å². The molecular weight excluding hydrogens is 281 g/mol. The predicted octanol–water partition coefficient (Wildman–Crippen LogP) is 3.97. The Morgan fingerprint density at radius 2 is 1.52 bits per heavy atom. The molecule has 1 atom stereocenters. The van der Waals surface area contributed by atoms with Crippen molar-refractivity contribution < 1.29 is 23.0 Å². The van der Waals surface area contributed by atoms with Crippen LogP contribution in [0.3, 0.4) is 0 Å². The van der Waals surface area contributed by atoms with Gasteiger partial charge in [0.05, 0.1) is 6.10 Å². The Bertz CT molecular complexity index is 624. The van der Waals surface area contributed by atoms with Gasteiger partial charge in [0.1, 0.15) is 11.9 Å². The number of aliphatic hydroxyl groups excluding tert-OH is 1. The van der Waals surface area contributed by atoms with Crippen LogP contribution in [0.2, 0.25) is 0 Å². The summed E-state index contributed by atoms with van der Waals surface area (Å²) < 4.78 is 45.2. The first-order chi connectivity index (χ1) is 9.90. The van der Waals surface area contributed by atoms with E-state index in [1.165, 1.54) is 0 Å².